The highest BCUT2D eigenvalue weighted by Gasteiger charge is 2.33. The summed E-state index contributed by atoms with van der Waals surface area (Å²) < 4.78 is 32.2. The number of hydrogen-bond donors (Lipinski definition) is 1. The summed E-state index contributed by atoms with van der Waals surface area (Å²) in [6, 6.07) is 12.2. The maximum Gasteiger partial charge on any atom is 0.243 e. The first-order valence-electron chi connectivity index (χ1n) is 9.00. The van der Waals surface area contributed by atoms with Gasteiger partial charge in [0.15, 0.2) is 0 Å². The molecule has 1 amide bonds. The summed E-state index contributed by atoms with van der Waals surface area (Å²) in [6.45, 7) is 1.26. The Hall–Kier alpha value is -1.77. The van der Waals surface area contributed by atoms with Crippen LogP contribution < -0.4 is 5.32 Å². The summed E-state index contributed by atoms with van der Waals surface area (Å²) in [5.41, 5.74) is 0. The van der Waals surface area contributed by atoms with Crippen LogP contribution in [0.4, 0.5) is 0 Å². The Kier molecular flexibility index (Phi) is 6.98. The Bertz CT molecular complexity index is 823. The lowest BCUT2D eigenvalue weighted by Gasteiger charge is -2.31. The monoisotopic (exact) mass is 408 g/mol. The highest BCUT2D eigenvalue weighted by molar-refractivity contribution is 7.98. The lowest BCUT2D eigenvalue weighted by Crippen LogP contribution is -2.45. The third kappa shape index (κ3) is 5.37. The smallest absolute Gasteiger partial charge is 0.243 e. The van der Waals surface area contributed by atoms with Gasteiger partial charge in [-0.2, -0.15) is 16.1 Å². The van der Waals surface area contributed by atoms with Crippen molar-refractivity contribution in [2.75, 3.05) is 25.4 Å². The fourth-order valence-electron chi connectivity index (χ4n) is 3.07. The van der Waals surface area contributed by atoms with Crippen LogP contribution in [-0.4, -0.2) is 44.0 Å². The number of carbonyl (C=O) groups is 1. The molecule has 1 saturated heterocycles. The minimum atomic E-state index is -3.54. The number of furan rings is 1. The first kappa shape index (κ1) is 20.0. The van der Waals surface area contributed by atoms with Crippen LogP contribution in [0.5, 0.6) is 0 Å². The average molecular weight is 409 g/mol. The van der Waals surface area contributed by atoms with E-state index < -0.39 is 10.0 Å². The number of piperidine rings is 1. The van der Waals surface area contributed by atoms with Crippen molar-refractivity contribution in [1.29, 1.82) is 0 Å². The first-order valence-corrected chi connectivity index (χ1v) is 11.6. The number of rotatable bonds is 8. The summed E-state index contributed by atoms with van der Waals surface area (Å²) in [5, 5.41) is 2.93. The van der Waals surface area contributed by atoms with Gasteiger partial charge >= 0.3 is 0 Å². The van der Waals surface area contributed by atoms with E-state index in [2.05, 4.69) is 5.32 Å². The van der Waals surface area contributed by atoms with Gasteiger partial charge in [-0.05, 0) is 37.1 Å². The van der Waals surface area contributed by atoms with Crippen molar-refractivity contribution in [1.82, 2.24) is 9.62 Å². The van der Waals surface area contributed by atoms with Crippen molar-refractivity contribution in [3.8, 4) is 0 Å². The number of thioether (sulfide) groups is 1. The Balaban J connectivity index is 1.46. The molecule has 0 unspecified atom stereocenters. The summed E-state index contributed by atoms with van der Waals surface area (Å²) >= 11 is 1.69. The number of benzene rings is 1. The minimum Gasteiger partial charge on any atom is -0.468 e. The van der Waals surface area contributed by atoms with E-state index in [4.69, 9.17) is 4.42 Å². The van der Waals surface area contributed by atoms with Gasteiger partial charge in [0.25, 0.3) is 0 Å². The zero-order valence-electron chi connectivity index (χ0n) is 15.0. The van der Waals surface area contributed by atoms with Crippen molar-refractivity contribution < 1.29 is 17.6 Å². The molecule has 0 spiro atoms. The Morgan fingerprint density at radius 3 is 2.78 bits per heavy atom. The van der Waals surface area contributed by atoms with Crippen LogP contribution in [0.2, 0.25) is 0 Å². The molecule has 1 atom stereocenters. The third-order valence-electron chi connectivity index (χ3n) is 4.51. The molecule has 2 aromatic rings. The predicted molar refractivity (Wildman–Crippen MR) is 106 cm³/mol. The lowest BCUT2D eigenvalue weighted by molar-refractivity contribution is -0.125. The topological polar surface area (TPSA) is 79.6 Å². The van der Waals surface area contributed by atoms with E-state index in [1.54, 1.807) is 48.4 Å². The van der Waals surface area contributed by atoms with Gasteiger partial charge in [0.05, 0.1) is 22.8 Å². The molecular formula is C19H24N2O4S2. The van der Waals surface area contributed by atoms with Gasteiger partial charge in [-0.15, -0.1) is 0 Å². The zero-order chi connectivity index (χ0) is 19.1. The molecule has 1 aliphatic rings. The molecule has 0 aliphatic carbocycles. The van der Waals surface area contributed by atoms with E-state index in [-0.39, 0.29) is 23.3 Å². The summed E-state index contributed by atoms with van der Waals surface area (Å²) in [5.74, 6) is 2.11. The van der Waals surface area contributed by atoms with Crippen LogP contribution in [0, 0.1) is 5.92 Å². The molecule has 1 aromatic heterocycles. The Labute approximate surface area is 164 Å². The second-order valence-electron chi connectivity index (χ2n) is 6.44. The van der Waals surface area contributed by atoms with Gasteiger partial charge in [-0.3, -0.25) is 4.79 Å². The molecular weight excluding hydrogens is 384 g/mol. The summed E-state index contributed by atoms with van der Waals surface area (Å²) in [4.78, 5) is 12.7. The molecule has 3 rings (SSSR count). The van der Waals surface area contributed by atoms with Gasteiger partial charge in [0, 0.05) is 25.4 Å². The molecule has 6 nitrogen and oxygen atoms in total. The largest absolute Gasteiger partial charge is 0.468 e. The molecule has 146 valence electrons. The van der Waals surface area contributed by atoms with E-state index in [0.29, 0.717) is 25.9 Å². The number of nitrogens with zero attached hydrogens (tertiary/aromatic N) is 1. The number of hydrogen-bond acceptors (Lipinski definition) is 5. The van der Waals surface area contributed by atoms with Gasteiger partial charge in [0.1, 0.15) is 5.76 Å². The van der Waals surface area contributed by atoms with E-state index in [1.165, 1.54) is 4.31 Å². The molecule has 0 bridgehead atoms. The highest BCUT2D eigenvalue weighted by atomic mass is 32.2. The molecule has 1 fully saturated rings. The molecule has 2 heterocycles. The SMILES string of the molecule is O=C(NCCSCc1ccco1)[C@H]1CCCN(S(=O)(=O)c2ccccc2)C1. The van der Waals surface area contributed by atoms with Crippen LogP contribution in [0.15, 0.2) is 58.0 Å². The standard InChI is InChI=1S/C19H24N2O4S2/c22-19(20-10-13-26-15-17-7-5-12-25-17)16-6-4-11-21(14-16)27(23,24)18-8-2-1-3-9-18/h1-3,5,7-9,12,16H,4,6,10-11,13-15H2,(H,20,22)/t16-/m0/s1. The number of amides is 1. The van der Waals surface area contributed by atoms with Crippen molar-refractivity contribution in [2.24, 2.45) is 5.92 Å². The average Bonchev–Trinajstić information content (AvgIpc) is 3.22. The fourth-order valence-corrected chi connectivity index (χ4v) is 5.38. The second-order valence-corrected chi connectivity index (χ2v) is 9.48. The maximum absolute atomic E-state index is 12.7. The quantitative estimate of drug-likeness (QED) is 0.680. The van der Waals surface area contributed by atoms with Crippen molar-refractivity contribution in [3.63, 3.8) is 0 Å². The van der Waals surface area contributed by atoms with Crippen LogP contribution in [-0.2, 0) is 20.6 Å². The number of carbonyl (C=O) groups excluding carboxylic acids is 1. The maximum atomic E-state index is 12.7. The molecule has 1 N–H and O–H groups in total. The van der Waals surface area contributed by atoms with E-state index in [0.717, 1.165) is 17.3 Å². The van der Waals surface area contributed by atoms with Crippen LogP contribution in [0.3, 0.4) is 0 Å². The predicted octanol–water partition coefficient (Wildman–Crippen LogP) is 2.73. The van der Waals surface area contributed by atoms with Crippen molar-refractivity contribution in [2.45, 2.75) is 23.5 Å². The molecule has 8 heteroatoms. The molecule has 0 radical (unpaired) electrons. The summed E-state index contributed by atoms with van der Waals surface area (Å²) in [7, 11) is -3.54. The van der Waals surface area contributed by atoms with Gasteiger partial charge in [-0.1, -0.05) is 18.2 Å². The molecule has 1 aromatic carbocycles. The third-order valence-corrected chi connectivity index (χ3v) is 7.37. The minimum absolute atomic E-state index is 0.0680. The van der Waals surface area contributed by atoms with Crippen LogP contribution in [0.1, 0.15) is 18.6 Å². The highest BCUT2D eigenvalue weighted by Crippen LogP contribution is 2.23. The molecule has 27 heavy (non-hydrogen) atoms. The number of nitrogens with one attached hydrogen (secondary N) is 1. The molecule has 1 aliphatic heterocycles. The lowest BCUT2D eigenvalue weighted by atomic mass is 9.99. The second kappa shape index (κ2) is 9.43. The van der Waals surface area contributed by atoms with E-state index in [9.17, 15) is 13.2 Å². The molecule has 0 saturated carbocycles. The van der Waals surface area contributed by atoms with Crippen LogP contribution in [0.25, 0.3) is 0 Å². The summed E-state index contributed by atoms with van der Waals surface area (Å²) in [6.07, 6.45) is 3.06. The van der Waals surface area contributed by atoms with Crippen molar-refractivity contribution in [3.05, 3.63) is 54.5 Å². The zero-order valence-corrected chi connectivity index (χ0v) is 16.7. The van der Waals surface area contributed by atoms with Gasteiger partial charge < -0.3 is 9.73 Å². The normalized spacial score (nSPS) is 18.3. The van der Waals surface area contributed by atoms with Crippen molar-refractivity contribution >= 4 is 27.7 Å². The van der Waals surface area contributed by atoms with E-state index >= 15 is 0 Å². The Morgan fingerprint density at radius 2 is 2.04 bits per heavy atom. The Morgan fingerprint density at radius 1 is 1.22 bits per heavy atom. The van der Waals surface area contributed by atoms with E-state index in [1.807, 2.05) is 12.1 Å². The van der Waals surface area contributed by atoms with Crippen LogP contribution >= 0.6 is 11.8 Å². The van der Waals surface area contributed by atoms with Gasteiger partial charge in [0.2, 0.25) is 15.9 Å². The van der Waals surface area contributed by atoms with Gasteiger partial charge in [-0.25, -0.2) is 8.42 Å². The first-order chi connectivity index (χ1) is 13.1. The number of sulfonamides is 1. The fraction of sp³-hybridized carbons (Fsp3) is 0.421.